The molecule has 0 spiro atoms. The summed E-state index contributed by atoms with van der Waals surface area (Å²) in [6.07, 6.45) is 4.60. The van der Waals surface area contributed by atoms with Gasteiger partial charge in [0.2, 0.25) is 5.91 Å². The first-order chi connectivity index (χ1) is 13.5. The van der Waals surface area contributed by atoms with Gasteiger partial charge >= 0.3 is 6.61 Å². The molecule has 0 bridgehead atoms. The van der Waals surface area contributed by atoms with Crippen molar-refractivity contribution in [2.75, 3.05) is 33.3 Å². The minimum Gasteiger partial charge on any atom is -0.493 e. The van der Waals surface area contributed by atoms with Crippen LogP contribution in [0.2, 0.25) is 0 Å². The lowest BCUT2D eigenvalue weighted by molar-refractivity contribution is -0.137. The third kappa shape index (κ3) is 4.72. The molecule has 2 heterocycles. The second kappa shape index (κ2) is 9.21. The van der Waals surface area contributed by atoms with Crippen molar-refractivity contribution in [3.8, 4) is 11.5 Å². The molecule has 0 radical (unpaired) electrons. The van der Waals surface area contributed by atoms with Crippen molar-refractivity contribution < 1.29 is 27.8 Å². The summed E-state index contributed by atoms with van der Waals surface area (Å²) >= 11 is 0. The average molecular weight is 396 g/mol. The van der Waals surface area contributed by atoms with Crippen molar-refractivity contribution >= 4 is 11.8 Å². The molecule has 3 rings (SSSR count). The monoisotopic (exact) mass is 396 g/mol. The zero-order chi connectivity index (χ0) is 20.1. The number of hydrogen-bond acceptors (Lipinski definition) is 4. The van der Waals surface area contributed by atoms with Crippen LogP contribution >= 0.6 is 0 Å². The SMILES string of the molecule is COc1cc(C(=O)N2CCC(C(=O)N3CCCCC3)CC2)ccc1OC(F)F. The van der Waals surface area contributed by atoms with Gasteiger partial charge in [-0.05, 0) is 50.3 Å². The number of hydrogen-bond donors (Lipinski definition) is 0. The van der Waals surface area contributed by atoms with Crippen LogP contribution in [0.1, 0.15) is 42.5 Å². The maximum Gasteiger partial charge on any atom is 0.387 e. The average Bonchev–Trinajstić information content (AvgIpc) is 2.73. The summed E-state index contributed by atoms with van der Waals surface area (Å²) in [4.78, 5) is 29.1. The lowest BCUT2D eigenvalue weighted by Crippen LogP contribution is -2.45. The number of nitrogens with zero attached hydrogens (tertiary/aromatic N) is 2. The van der Waals surface area contributed by atoms with Crippen LogP contribution in [0.25, 0.3) is 0 Å². The highest BCUT2D eigenvalue weighted by Crippen LogP contribution is 2.30. The van der Waals surface area contributed by atoms with Crippen molar-refractivity contribution in [2.24, 2.45) is 5.92 Å². The molecule has 8 heteroatoms. The fourth-order valence-corrected chi connectivity index (χ4v) is 3.88. The highest BCUT2D eigenvalue weighted by atomic mass is 19.3. The highest BCUT2D eigenvalue weighted by molar-refractivity contribution is 5.95. The number of ether oxygens (including phenoxy) is 2. The number of alkyl halides is 2. The minimum atomic E-state index is -2.97. The summed E-state index contributed by atoms with van der Waals surface area (Å²) < 4.78 is 34.3. The molecule has 1 aromatic carbocycles. The quantitative estimate of drug-likeness (QED) is 0.767. The molecule has 2 saturated heterocycles. The summed E-state index contributed by atoms with van der Waals surface area (Å²) in [6, 6.07) is 4.17. The van der Waals surface area contributed by atoms with Crippen LogP contribution in [0.4, 0.5) is 8.78 Å². The van der Waals surface area contributed by atoms with Gasteiger partial charge in [-0.15, -0.1) is 0 Å². The van der Waals surface area contributed by atoms with Gasteiger partial charge in [-0.2, -0.15) is 8.78 Å². The second-order valence-electron chi connectivity index (χ2n) is 7.20. The summed E-state index contributed by atoms with van der Waals surface area (Å²) in [6.45, 7) is -0.288. The lowest BCUT2D eigenvalue weighted by atomic mass is 9.94. The lowest BCUT2D eigenvalue weighted by Gasteiger charge is -2.35. The van der Waals surface area contributed by atoms with E-state index in [-0.39, 0.29) is 29.2 Å². The largest absolute Gasteiger partial charge is 0.493 e. The fourth-order valence-electron chi connectivity index (χ4n) is 3.88. The molecule has 0 aromatic heterocycles. The summed E-state index contributed by atoms with van der Waals surface area (Å²) in [5.74, 6) is -0.0487. The molecule has 28 heavy (non-hydrogen) atoms. The van der Waals surface area contributed by atoms with Crippen LogP contribution in [-0.4, -0.2) is 61.5 Å². The number of methoxy groups -OCH3 is 1. The predicted octanol–water partition coefficient (Wildman–Crippen LogP) is 3.16. The molecule has 0 saturated carbocycles. The molecule has 1 aromatic rings. The zero-order valence-corrected chi connectivity index (χ0v) is 16.0. The second-order valence-corrected chi connectivity index (χ2v) is 7.20. The van der Waals surface area contributed by atoms with Gasteiger partial charge < -0.3 is 19.3 Å². The molecule has 0 atom stereocenters. The molecule has 2 aliphatic heterocycles. The molecule has 2 fully saturated rings. The Balaban J connectivity index is 1.59. The molecule has 0 N–H and O–H groups in total. The van der Waals surface area contributed by atoms with Gasteiger partial charge in [0, 0.05) is 37.7 Å². The van der Waals surface area contributed by atoms with Crippen molar-refractivity contribution in [1.29, 1.82) is 0 Å². The number of likely N-dealkylation sites (tertiary alicyclic amines) is 2. The Morgan fingerprint density at radius 2 is 1.68 bits per heavy atom. The van der Waals surface area contributed by atoms with Crippen LogP contribution in [-0.2, 0) is 4.79 Å². The number of piperidine rings is 2. The van der Waals surface area contributed by atoms with E-state index < -0.39 is 6.61 Å². The van der Waals surface area contributed by atoms with Crippen molar-refractivity contribution in [1.82, 2.24) is 9.80 Å². The Hall–Kier alpha value is -2.38. The molecule has 154 valence electrons. The highest BCUT2D eigenvalue weighted by Gasteiger charge is 2.31. The van der Waals surface area contributed by atoms with Crippen molar-refractivity contribution in [3.05, 3.63) is 23.8 Å². The Kier molecular flexibility index (Phi) is 6.70. The first-order valence-corrected chi connectivity index (χ1v) is 9.70. The standard InChI is InChI=1S/C20H26F2N2O4/c1-27-17-13-15(5-6-16(17)28-20(21)22)19(26)24-11-7-14(8-12-24)18(25)23-9-3-2-4-10-23/h5-6,13-14,20H,2-4,7-12H2,1H3. The Morgan fingerprint density at radius 3 is 2.29 bits per heavy atom. The van der Waals surface area contributed by atoms with Gasteiger partial charge in [0.1, 0.15) is 0 Å². The van der Waals surface area contributed by atoms with Crippen LogP contribution in [0.5, 0.6) is 11.5 Å². The molecular formula is C20H26F2N2O4. The summed E-state index contributed by atoms with van der Waals surface area (Å²) in [5, 5.41) is 0. The van der Waals surface area contributed by atoms with E-state index in [9.17, 15) is 18.4 Å². The van der Waals surface area contributed by atoms with E-state index in [2.05, 4.69) is 4.74 Å². The number of benzene rings is 1. The molecule has 0 aliphatic carbocycles. The first-order valence-electron chi connectivity index (χ1n) is 9.70. The molecule has 0 unspecified atom stereocenters. The van der Waals surface area contributed by atoms with E-state index in [1.165, 1.54) is 31.7 Å². The van der Waals surface area contributed by atoms with Gasteiger partial charge in [0.25, 0.3) is 5.91 Å². The number of halogens is 2. The third-order valence-corrected chi connectivity index (χ3v) is 5.43. The smallest absolute Gasteiger partial charge is 0.387 e. The van der Waals surface area contributed by atoms with E-state index in [0.717, 1.165) is 25.9 Å². The van der Waals surface area contributed by atoms with Gasteiger partial charge in [0.05, 0.1) is 7.11 Å². The van der Waals surface area contributed by atoms with Crippen LogP contribution in [0, 0.1) is 5.92 Å². The van der Waals surface area contributed by atoms with E-state index in [4.69, 9.17) is 4.74 Å². The molecule has 6 nitrogen and oxygen atoms in total. The van der Waals surface area contributed by atoms with Crippen LogP contribution in [0.3, 0.4) is 0 Å². The number of carbonyl (C=O) groups excluding carboxylic acids is 2. The van der Waals surface area contributed by atoms with Crippen molar-refractivity contribution in [3.63, 3.8) is 0 Å². The van der Waals surface area contributed by atoms with Gasteiger partial charge in [0.15, 0.2) is 11.5 Å². The first kappa shape index (κ1) is 20.4. The van der Waals surface area contributed by atoms with E-state index in [1.807, 2.05) is 4.90 Å². The summed E-state index contributed by atoms with van der Waals surface area (Å²) in [7, 11) is 1.33. The maximum absolute atomic E-state index is 12.8. The maximum atomic E-state index is 12.8. The predicted molar refractivity (Wildman–Crippen MR) is 98.7 cm³/mol. The molecule has 2 aliphatic rings. The Morgan fingerprint density at radius 1 is 1.00 bits per heavy atom. The number of amides is 2. The van der Waals surface area contributed by atoms with Gasteiger partial charge in [-0.1, -0.05) is 0 Å². The van der Waals surface area contributed by atoms with E-state index >= 15 is 0 Å². The minimum absolute atomic E-state index is 0.0292. The topological polar surface area (TPSA) is 59.1 Å². The van der Waals surface area contributed by atoms with Crippen LogP contribution < -0.4 is 9.47 Å². The number of carbonyl (C=O) groups is 2. The molecule has 2 amide bonds. The Bertz CT molecular complexity index is 699. The van der Waals surface area contributed by atoms with Gasteiger partial charge in [-0.3, -0.25) is 9.59 Å². The Labute approximate surface area is 163 Å². The van der Waals surface area contributed by atoms with Crippen molar-refractivity contribution in [2.45, 2.75) is 38.7 Å². The fraction of sp³-hybridized carbons (Fsp3) is 0.600. The molecular weight excluding hydrogens is 370 g/mol. The normalized spacial score (nSPS) is 18.3. The van der Waals surface area contributed by atoms with E-state index in [0.29, 0.717) is 31.5 Å². The zero-order valence-electron chi connectivity index (χ0n) is 16.0. The van der Waals surface area contributed by atoms with Crippen LogP contribution in [0.15, 0.2) is 18.2 Å². The summed E-state index contributed by atoms with van der Waals surface area (Å²) in [5.41, 5.74) is 0.347. The van der Waals surface area contributed by atoms with Gasteiger partial charge in [-0.25, -0.2) is 0 Å². The van der Waals surface area contributed by atoms with E-state index in [1.54, 1.807) is 4.90 Å². The number of rotatable bonds is 5. The third-order valence-electron chi connectivity index (χ3n) is 5.43.